The van der Waals surface area contributed by atoms with Crippen LogP contribution >= 0.6 is 34.3 Å². The van der Waals surface area contributed by atoms with Gasteiger partial charge in [0.15, 0.2) is 8.83 Å². The average molecular weight is 238 g/mol. The molecule has 4 heteroatoms. The van der Waals surface area contributed by atoms with Crippen LogP contribution in [-0.2, 0) is 6.04 Å². The fourth-order valence-electron chi connectivity index (χ4n) is 0.973. The number of hydrogen-bond acceptors (Lipinski definition) is 0. The number of benzene rings is 1. The molecule has 1 rings (SSSR count). The third kappa shape index (κ3) is 2.16. The first-order chi connectivity index (χ1) is 5.66. The summed E-state index contributed by atoms with van der Waals surface area (Å²) in [5.41, 5.74) is 2.22. The van der Waals surface area contributed by atoms with E-state index in [9.17, 15) is 0 Å². The lowest BCUT2D eigenvalue weighted by Crippen LogP contribution is -1.94. The summed E-state index contributed by atoms with van der Waals surface area (Å²) in [7, 11) is 0.353. The molecule has 12 heavy (non-hydrogen) atoms. The van der Waals surface area contributed by atoms with E-state index in [1.165, 1.54) is 0 Å². The maximum absolute atomic E-state index is 5.99. The predicted molar refractivity (Wildman–Crippen MR) is 56.5 cm³/mol. The summed E-state index contributed by atoms with van der Waals surface area (Å²) in [4.78, 5) is 0. The third-order valence-corrected chi connectivity index (χ3v) is 3.41. The van der Waals surface area contributed by atoms with E-state index in [-0.39, 0.29) is 0 Å². The van der Waals surface area contributed by atoms with Crippen molar-refractivity contribution in [2.24, 2.45) is 0 Å². The van der Waals surface area contributed by atoms with Crippen LogP contribution in [-0.4, -0.2) is 8.83 Å². The molecule has 1 aromatic rings. The molecule has 2 radical (unpaired) electrons. The van der Waals surface area contributed by atoms with Crippen LogP contribution in [0.3, 0.4) is 0 Å². The zero-order valence-corrected chi connectivity index (χ0v) is 9.76. The molecule has 0 saturated heterocycles. The van der Waals surface area contributed by atoms with Gasteiger partial charge >= 0.3 is 0 Å². The van der Waals surface area contributed by atoms with Crippen LogP contribution in [0, 0.1) is 6.92 Å². The summed E-state index contributed by atoms with van der Waals surface area (Å²) < 4.78 is 0. The van der Waals surface area contributed by atoms with Gasteiger partial charge in [-0.05, 0) is 30.2 Å². The summed E-state index contributed by atoms with van der Waals surface area (Å²) in [5, 5.41) is 1.25. The lowest BCUT2D eigenvalue weighted by atomic mass is 10.1. The zero-order valence-electron chi connectivity index (χ0n) is 6.50. The third-order valence-electron chi connectivity index (χ3n) is 1.67. The van der Waals surface area contributed by atoms with Crippen LogP contribution in [0.25, 0.3) is 0 Å². The Balaban J connectivity index is 3.14. The highest BCUT2D eigenvalue weighted by molar-refractivity contribution is 6.93. The van der Waals surface area contributed by atoms with Gasteiger partial charge < -0.3 is 0 Å². The van der Waals surface area contributed by atoms with Crippen molar-refractivity contribution in [1.82, 2.24) is 0 Å². The Morgan fingerprint density at radius 2 is 2.00 bits per heavy atom. The van der Waals surface area contributed by atoms with Crippen molar-refractivity contribution in [3.05, 3.63) is 33.3 Å². The van der Waals surface area contributed by atoms with Crippen LogP contribution in [0.1, 0.15) is 11.1 Å². The first kappa shape index (κ1) is 10.4. The van der Waals surface area contributed by atoms with E-state index in [1.54, 1.807) is 6.07 Å². The van der Waals surface area contributed by atoms with E-state index < -0.39 is 0 Å². The molecule has 0 nitrogen and oxygen atoms in total. The highest BCUT2D eigenvalue weighted by Gasteiger charge is 2.07. The minimum absolute atomic E-state index is 0.353. The number of hydrogen-bond donors (Lipinski definition) is 0. The van der Waals surface area contributed by atoms with E-state index in [0.717, 1.165) is 17.2 Å². The standard InChI is InChI=1S/C8H7Cl3Si/c1-5-2-3-7(9)8(10)6(5)4-12-11/h2-3H,4H2,1H3. The molecule has 0 heterocycles. The Morgan fingerprint density at radius 1 is 1.33 bits per heavy atom. The number of halogens is 3. The van der Waals surface area contributed by atoms with E-state index in [0.29, 0.717) is 18.9 Å². The molecule has 1 aromatic carbocycles. The van der Waals surface area contributed by atoms with Crippen molar-refractivity contribution in [2.75, 3.05) is 0 Å². The summed E-state index contributed by atoms with van der Waals surface area (Å²) in [5.74, 6) is 0. The van der Waals surface area contributed by atoms with Crippen molar-refractivity contribution in [1.29, 1.82) is 0 Å². The molecule has 0 saturated carbocycles. The van der Waals surface area contributed by atoms with Crippen LogP contribution in [0.5, 0.6) is 0 Å². The van der Waals surface area contributed by atoms with Gasteiger partial charge in [0.2, 0.25) is 0 Å². The highest BCUT2D eigenvalue weighted by atomic mass is 35.6. The molecular weight excluding hydrogens is 231 g/mol. The summed E-state index contributed by atoms with van der Waals surface area (Å²) in [6, 6.07) is 4.56. The molecule has 0 fully saturated rings. The molecule has 0 N–H and O–H groups in total. The second-order valence-corrected chi connectivity index (χ2v) is 4.67. The smallest absolute Gasteiger partial charge is 0.171 e. The van der Waals surface area contributed by atoms with Crippen LogP contribution < -0.4 is 0 Å². The Bertz CT molecular complexity index is 286. The highest BCUT2D eigenvalue weighted by Crippen LogP contribution is 2.28. The molecule has 0 amide bonds. The predicted octanol–water partition coefficient (Wildman–Crippen LogP) is 3.66. The van der Waals surface area contributed by atoms with Gasteiger partial charge in [-0.1, -0.05) is 29.3 Å². The summed E-state index contributed by atoms with van der Waals surface area (Å²) >= 11 is 17.5. The minimum Gasteiger partial charge on any atom is -0.171 e. The lowest BCUT2D eigenvalue weighted by Gasteiger charge is -2.06. The van der Waals surface area contributed by atoms with Gasteiger partial charge in [-0.15, -0.1) is 0 Å². The SMILES string of the molecule is Cc1ccc(Cl)c(Cl)c1C[Si]Cl. The first-order valence-corrected chi connectivity index (χ1v) is 6.41. The first-order valence-electron chi connectivity index (χ1n) is 3.43. The number of rotatable bonds is 2. The second-order valence-electron chi connectivity index (χ2n) is 2.47. The number of aryl methyl sites for hydroxylation is 1. The monoisotopic (exact) mass is 236 g/mol. The van der Waals surface area contributed by atoms with Gasteiger partial charge in [-0.3, -0.25) is 0 Å². The van der Waals surface area contributed by atoms with Crippen LogP contribution in [0.15, 0.2) is 12.1 Å². The van der Waals surface area contributed by atoms with Crippen molar-refractivity contribution in [2.45, 2.75) is 13.0 Å². The van der Waals surface area contributed by atoms with Gasteiger partial charge in [-0.2, -0.15) is 11.1 Å². The Kier molecular flexibility index (Phi) is 3.91. The molecule has 64 valence electrons. The molecule has 0 unspecified atom stereocenters. The molecule has 0 aliphatic rings. The quantitative estimate of drug-likeness (QED) is 0.544. The van der Waals surface area contributed by atoms with Crippen molar-refractivity contribution in [3.8, 4) is 0 Å². The normalized spacial score (nSPS) is 10.3. The van der Waals surface area contributed by atoms with Crippen molar-refractivity contribution < 1.29 is 0 Å². The molecule has 0 aliphatic heterocycles. The maximum atomic E-state index is 5.99. The minimum atomic E-state index is 0.353. The van der Waals surface area contributed by atoms with Gasteiger partial charge in [0.05, 0.1) is 10.0 Å². The topological polar surface area (TPSA) is 0 Å². The fourth-order valence-corrected chi connectivity index (χ4v) is 2.53. The van der Waals surface area contributed by atoms with Gasteiger partial charge in [0.25, 0.3) is 0 Å². The zero-order chi connectivity index (χ0) is 9.14. The average Bonchev–Trinajstić information content (AvgIpc) is 2.06. The van der Waals surface area contributed by atoms with E-state index >= 15 is 0 Å². The Morgan fingerprint density at radius 3 is 2.58 bits per heavy atom. The van der Waals surface area contributed by atoms with E-state index in [4.69, 9.17) is 34.3 Å². The van der Waals surface area contributed by atoms with Crippen LogP contribution in [0.2, 0.25) is 10.0 Å². The summed E-state index contributed by atoms with van der Waals surface area (Å²) in [6.07, 6.45) is 0. The van der Waals surface area contributed by atoms with E-state index in [2.05, 4.69) is 0 Å². The molecule has 0 aliphatic carbocycles. The molecule has 0 atom stereocenters. The fraction of sp³-hybridized carbons (Fsp3) is 0.250. The Labute approximate surface area is 89.4 Å². The van der Waals surface area contributed by atoms with Crippen molar-refractivity contribution >= 4 is 43.1 Å². The molecule has 0 bridgehead atoms. The maximum Gasteiger partial charge on any atom is 0.176 e. The molecular formula is C8H7Cl3Si. The molecule has 0 spiro atoms. The summed E-state index contributed by atoms with van der Waals surface area (Å²) in [6.45, 7) is 2.01. The van der Waals surface area contributed by atoms with E-state index in [1.807, 2.05) is 13.0 Å². The molecule has 0 aromatic heterocycles. The van der Waals surface area contributed by atoms with Gasteiger partial charge in [0, 0.05) is 0 Å². The second kappa shape index (κ2) is 4.52. The van der Waals surface area contributed by atoms with Gasteiger partial charge in [0.1, 0.15) is 0 Å². The lowest BCUT2D eigenvalue weighted by molar-refractivity contribution is 1.30. The Hall–Kier alpha value is 0.307. The van der Waals surface area contributed by atoms with Gasteiger partial charge in [-0.25, -0.2) is 0 Å². The van der Waals surface area contributed by atoms with Crippen molar-refractivity contribution in [3.63, 3.8) is 0 Å². The van der Waals surface area contributed by atoms with Crippen LogP contribution in [0.4, 0.5) is 0 Å². The largest absolute Gasteiger partial charge is 0.176 e.